The first kappa shape index (κ1) is 19.3. The Kier molecular flexibility index (Phi) is 5.84. The van der Waals surface area contributed by atoms with Gasteiger partial charge in [0, 0.05) is 43.3 Å². The monoisotopic (exact) mass is 379 g/mol. The standard InChI is InChI=1S/C21H22FN5O/c1-3-26(18-9-7-16(22)8-10-18)14-17-11-21(28)27-19(15(12-23)13-24-2)5-4-6-20(27)25-17/h4-13H,3,14,23H2,1-2H3. The van der Waals surface area contributed by atoms with Crippen LogP contribution in [-0.4, -0.2) is 29.2 Å². The predicted molar refractivity (Wildman–Crippen MR) is 111 cm³/mol. The van der Waals surface area contributed by atoms with Gasteiger partial charge in [0.2, 0.25) is 0 Å². The van der Waals surface area contributed by atoms with Gasteiger partial charge >= 0.3 is 0 Å². The molecule has 0 fully saturated rings. The molecule has 6 nitrogen and oxygen atoms in total. The van der Waals surface area contributed by atoms with Gasteiger partial charge in [-0.3, -0.25) is 14.2 Å². The number of rotatable bonds is 6. The third kappa shape index (κ3) is 3.93. The number of aliphatic imine (C=N–C) groups is 1. The summed E-state index contributed by atoms with van der Waals surface area (Å²) in [7, 11) is 1.64. The van der Waals surface area contributed by atoms with E-state index in [2.05, 4.69) is 9.98 Å². The topological polar surface area (TPSA) is 76.0 Å². The quantitative estimate of drug-likeness (QED) is 0.668. The Balaban J connectivity index is 2.02. The summed E-state index contributed by atoms with van der Waals surface area (Å²) in [6.45, 7) is 3.13. The van der Waals surface area contributed by atoms with Crippen LogP contribution >= 0.6 is 0 Å². The normalized spacial score (nSPS) is 12.0. The zero-order valence-corrected chi connectivity index (χ0v) is 15.8. The first-order chi connectivity index (χ1) is 13.6. The van der Waals surface area contributed by atoms with E-state index in [1.807, 2.05) is 17.9 Å². The molecule has 0 atom stereocenters. The number of anilines is 1. The van der Waals surface area contributed by atoms with Crippen molar-refractivity contribution in [3.63, 3.8) is 0 Å². The first-order valence-corrected chi connectivity index (χ1v) is 8.94. The van der Waals surface area contributed by atoms with Crippen molar-refractivity contribution < 1.29 is 4.39 Å². The van der Waals surface area contributed by atoms with Crippen molar-refractivity contribution in [2.24, 2.45) is 10.7 Å². The Morgan fingerprint density at radius 1 is 1.29 bits per heavy atom. The highest BCUT2D eigenvalue weighted by molar-refractivity contribution is 6.09. The molecule has 2 aromatic heterocycles. The van der Waals surface area contributed by atoms with E-state index in [0.717, 1.165) is 5.69 Å². The molecule has 7 heteroatoms. The van der Waals surface area contributed by atoms with Crippen molar-refractivity contribution in [1.29, 1.82) is 0 Å². The van der Waals surface area contributed by atoms with Gasteiger partial charge < -0.3 is 10.6 Å². The van der Waals surface area contributed by atoms with Gasteiger partial charge in [0.15, 0.2) is 0 Å². The van der Waals surface area contributed by atoms with Gasteiger partial charge in [-0.05, 0) is 43.3 Å². The van der Waals surface area contributed by atoms with Crippen molar-refractivity contribution in [3.8, 4) is 0 Å². The summed E-state index contributed by atoms with van der Waals surface area (Å²) < 4.78 is 14.7. The molecule has 0 aliphatic carbocycles. The van der Waals surface area contributed by atoms with Gasteiger partial charge in [-0.1, -0.05) is 6.07 Å². The molecule has 0 unspecified atom stereocenters. The summed E-state index contributed by atoms with van der Waals surface area (Å²) in [4.78, 5) is 23.5. The Labute approximate surface area is 162 Å². The van der Waals surface area contributed by atoms with Gasteiger partial charge in [-0.2, -0.15) is 0 Å². The smallest absolute Gasteiger partial charge is 0.258 e. The number of pyridine rings is 1. The van der Waals surface area contributed by atoms with Crippen molar-refractivity contribution in [2.75, 3.05) is 18.5 Å². The third-order valence-corrected chi connectivity index (χ3v) is 4.41. The second-order valence-corrected chi connectivity index (χ2v) is 6.19. The fraction of sp³-hybridized carbons (Fsp3) is 0.190. The molecule has 3 aromatic rings. The molecule has 0 spiro atoms. The number of hydrogen-bond donors (Lipinski definition) is 1. The van der Waals surface area contributed by atoms with Crippen LogP contribution in [0.15, 0.2) is 64.5 Å². The zero-order valence-electron chi connectivity index (χ0n) is 15.8. The predicted octanol–water partition coefficient (Wildman–Crippen LogP) is 2.86. The minimum atomic E-state index is -0.284. The molecule has 2 heterocycles. The maximum atomic E-state index is 13.2. The number of halogens is 1. The van der Waals surface area contributed by atoms with E-state index < -0.39 is 0 Å². The van der Waals surface area contributed by atoms with Crippen molar-refractivity contribution in [1.82, 2.24) is 9.38 Å². The van der Waals surface area contributed by atoms with E-state index in [9.17, 15) is 9.18 Å². The molecule has 1 aromatic carbocycles. The molecule has 3 rings (SSSR count). The molecule has 2 N–H and O–H groups in total. The van der Waals surface area contributed by atoms with Gasteiger partial charge in [0.25, 0.3) is 5.56 Å². The lowest BCUT2D eigenvalue weighted by Gasteiger charge is -2.23. The minimum Gasteiger partial charge on any atom is -0.404 e. The second-order valence-electron chi connectivity index (χ2n) is 6.19. The Morgan fingerprint density at radius 2 is 2.04 bits per heavy atom. The zero-order chi connectivity index (χ0) is 20.1. The maximum Gasteiger partial charge on any atom is 0.258 e. The molecule has 0 aliphatic heterocycles. The molecule has 0 aliphatic rings. The van der Waals surface area contributed by atoms with Crippen LogP contribution in [0.4, 0.5) is 10.1 Å². The van der Waals surface area contributed by atoms with Crippen LogP contribution in [-0.2, 0) is 6.54 Å². The highest BCUT2D eigenvalue weighted by atomic mass is 19.1. The Bertz CT molecular complexity index is 1090. The molecule has 0 radical (unpaired) electrons. The van der Waals surface area contributed by atoms with E-state index >= 15 is 0 Å². The molecular weight excluding hydrogens is 357 g/mol. The first-order valence-electron chi connectivity index (χ1n) is 8.94. The lowest BCUT2D eigenvalue weighted by atomic mass is 10.2. The van der Waals surface area contributed by atoms with Gasteiger partial charge in [-0.15, -0.1) is 0 Å². The number of allylic oxidation sites excluding steroid dienone is 1. The van der Waals surface area contributed by atoms with Crippen LogP contribution < -0.4 is 16.2 Å². The van der Waals surface area contributed by atoms with Crippen LogP contribution in [0.3, 0.4) is 0 Å². The fourth-order valence-corrected chi connectivity index (χ4v) is 3.08. The number of hydrogen-bond acceptors (Lipinski definition) is 5. The summed E-state index contributed by atoms with van der Waals surface area (Å²) >= 11 is 0. The molecular formula is C21H22FN5O. The number of aromatic nitrogens is 2. The van der Waals surface area contributed by atoms with E-state index in [1.165, 1.54) is 28.8 Å². The number of nitrogens with two attached hydrogens (primary N) is 1. The molecule has 0 amide bonds. The highest BCUT2D eigenvalue weighted by Gasteiger charge is 2.12. The lowest BCUT2D eigenvalue weighted by Crippen LogP contribution is -2.25. The molecule has 28 heavy (non-hydrogen) atoms. The average Bonchev–Trinajstić information content (AvgIpc) is 2.70. The van der Waals surface area contributed by atoms with Gasteiger partial charge in [0.1, 0.15) is 11.5 Å². The largest absolute Gasteiger partial charge is 0.404 e. The highest BCUT2D eigenvalue weighted by Crippen LogP contribution is 2.18. The van der Waals surface area contributed by atoms with Crippen LogP contribution in [0, 0.1) is 5.82 Å². The molecule has 0 saturated carbocycles. The summed E-state index contributed by atoms with van der Waals surface area (Å²) in [5, 5.41) is 0. The van der Waals surface area contributed by atoms with E-state index in [-0.39, 0.29) is 11.4 Å². The van der Waals surface area contributed by atoms with Crippen LogP contribution in [0.5, 0.6) is 0 Å². The summed E-state index contributed by atoms with van der Waals surface area (Å²) in [5.41, 5.74) is 8.78. The molecule has 0 bridgehead atoms. The van der Waals surface area contributed by atoms with Crippen LogP contribution in [0.2, 0.25) is 0 Å². The van der Waals surface area contributed by atoms with Crippen molar-refractivity contribution >= 4 is 23.1 Å². The second kappa shape index (κ2) is 8.47. The third-order valence-electron chi connectivity index (χ3n) is 4.41. The van der Waals surface area contributed by atoms with Crippen molar-refractivity contribution in [2.45, 2.75) is 13.5 Å². The fourth-order valence-electron chi connectivity index (χ4n) is 3.08. The molecule has 144 valence electrons. The van der Waals surface area contributed by atoms with Gasteiger partial charge in [0.05, 0.1) is 17.9 Å². The summed E-state index contributed by atoms with van der Waals surface area (Å²) in [6.07, 6.45) is 3.01. The average molecular weight is 379 g/mol. The number of fused-ring (bicyclic) bond motifs is 1. The van der Waals surface area contributed by atoms with Crippen LogP contribution in [0.1, 0.15) is 18.3 Å². The van der Waals surface area contributed by atoms with E-state index in [4.69, 9.17) is 5.73 Å². The number of nitrogens with zero attached hydrogens (tertiary/aromatic N) is 4. The summed E-state index contributed by atoms with van der Waals surface area (Å²) in [5.74, 6) is -0.284. The van der Waals surface area contributed by atoms with E-state index in [1.54, 1.807) is 37.5 Å². The summed E-state index contributed by atoms with van der Waals surface area (Å²) in [6, 6.07) is 13.2. The SMILES string of the molecule is CCN(Cc1cc(=O)n2c(C(C=NC)=CN)cccc2n1)c1ccc(F)cc1. The lowest BCUT2D eigenvalue weighted by molar-refractivity contribution is 0.627. The minimum absolute atomic E-state index is 0.199. The Hall–Kier alpha value is -3.48. The molecule has 0 saturated heterocycles. The van der Waals surface area contributed by atoms with E-state index in [0.29, 0.717) is 35.7 Å². The van der Waals surface area contributed by atoms with Crippen molar-refractivity contribution in [3.05, 3.63) is 82.3 Å². The Morgan fingerprint density at radius 3 is 2.68 bits per heavy atom. The maximum absolute atomic E-state index is 13.2. The van der Waals surface area contributed by atoms with Crippen LogP contribution in [0.25, 0.3) is 11.2 Å². The van der Waals surface area contributed by atoms with Gasteiger partial charge in [-0.25, -0.2) is 9.37 Å². The number of benzene rings is 1.